The third kappa shape index (κ3) is 3.62. The van der Waals surface area contributed by atoms with E-state index >= 15 is 0 Å². The number of aryl methyl sites for hydroxylation is 1. The van der Waals surface area contributed by atoms with Gasteiger partial charge in [-0.25, -0.2) is 4.98 Å². The molecule has 0 bridgehead atoms. The summed E-state index contributed by atoms with van der Waals surface area (Å²) in [6, 6.07) is 0. The molecule has 1 rings (SSSR count). The van der Waals surface area contributed by atoms with Crippen LogP contribution < -0.4 is 10.6 Å². The number of hydrogen-bond donors (Lipinski definition) is 1. The standard InChI is InChI=1S/C9H12ClF3N4/c1-3-17(4-9(11,12)13)7-6(14)5(2)15-8(10)16-7/h3-4,14H2,1-2H3. The Hall–Kier alpha value is -1.24. The van der Waals surface area contributed by atoms with E-state index in [0.717, 1.165) is 4.90 Å². The van der Waals surface area contributed by atoms with Gasteiger partial charge >= 0.3 is 6.18 Å². The molecular formula is C9H12ClF3N4. The van der Waals surface area contributed by atoms with Crippen molar-refractivity contribution in [3.63, 3.8) is 0 Å². The van der Waals surface area contributed by atoms with Gasteiger partial charge in [-0.2, -0.15) is 18.2 Å². The Morgan fingerprint density at radius 3 is 2.41 bits per heavy atom. The van der Waals surface area contributed by atoms with Crippen molar-refractivity contribution in [1.29, 1.82) is 0 Å². The van der Waals surface area contributed by atoms with E-state index in [1.807, 2.05) is 0 Å². The Labute approximate surface area is 102 Å². The van der Waals surface area contributed by atoms with Gasteiger partial charge in [-0.05, 0) is 25.4 Å². The highest BCUT2D eigenvalue weighted by atomic mass is 35.5. The van der Waals surface area contributed by atoms with Gasteiger partial charge in [-0.15, -0.1) is 0 Å². The molecule has 1 heterocycles. The summed E-state index contributed by atoms with van der Waals surface area (Å²) < 4.78 is 37.1. The third-order valence-corrected chi connectivity index (χ3v) is 2.31. The van der Waals surface area contributed by atoms with Crippen molar-refractivity contribution in [2.45, 2.75) is 20.0 Å². The Morgan fingerprint density at radius 1 is 1.35 bits per heavy atom. The average Bonchev–Trinajstić information content (AvgIpc) is 2.18. The van der Waals surface area contributed by atoms with Crippen LogP contribution in [0.3, 0.4) is 0 Å². The molecule has 0 aliphatic rings. The molecule has 1 aromatic heterocycles. The molecule has 0 saturated carbocycles. The summed E-state index contributed by atoms with van der Waals surface area (Å²) in [6.45, 7) is 2.14. The molecule has 1 aromatic rings. The first-order chi connectivity index (χ1) is 7.74. The van der Waals surface area contributed by atoms with Crippen molar-refractivity contribution in [3.8, 4) is 0 Å². The molecule has 2 N–H and O–H groups in total. The van der Waals surface area contributed by atoms with E-state index in [0.29, 0.717) is 5.69 Å². The van der Waals surface area contributed by atoms with Crippen LogP contribution in [0, 0.1) is 6.92 Å². The van der Waals surface area contributed by atoms with Gasteiger partial charge in [-0.1, -0.05) is 0 Å². The fourth-order valence-electron chi connectivity index (χ4n) is 1.33. The number of nitrogen functional groups attached to an aromatic ring is 1. The molecule has 0 atom stereocenters. The van der Waals surface area contributed by atoms with Gasteiger partial charge in [-0.3, -0.25) is 0 Å². The fraction of sp³-hybridized carbons (Fsp3) is 0.556. The molecular weight excluding hydrogens is 257 g/mol. The molecule has 0 spiro atoms. The highest BCUT2D eigenvalue weighted by molar-refractivity contribution is 6.28. The van der Waals surface area contributed by atoms with Crippen LogP contribution in [0.2, 0.25) is 5.28 Å². The molecule has 0 fully saturated rings. The molecule has 0 aliphatic heterocycles. The average molecular weight is 269 g/mol. The smallest absolute Gasteiger partial charge is 0.394 e. The lowest BCUT2D eigenvalue weighted by Gasteiger charge is -2.24. The lowest BCUT2D eigenvalue weighted by molar-refractivity contribution is -0.119. The largest absolute Gasteiger partial charge is 0.405 e. The van der Waals surface area contributed by atoms with Crippen LogP contribution in [0.5, 0.6) is 0 Å². The maximum Gasteiger partial charge on any atom is 0.405 e. The molecule has 0 unspecified atom stereocenters. The van der Waals surface area contributed by atoms with Crippen LogP contribution in [-0.4, -0.2) is 29.2 Å². The van der Waals surface area contributed by atoms with E-state index < -0.39 is 12.7 Å². The van der Waals surface area contributed by atoms with Gasteiger partial charge in [0, 0.05) is 6.54 Å². The van der Waals surface area contributed by atoms with Gasteiger partial charge < -0.3 is 10.6 Å². The van der Waals surface area contributed by atoms with E-state index in [1.165, 1.54) is 0 Å². The number of rotatable bonds is 3. The quantitative estimate of drug-likeness (QED) is 0.856. The number of aromatic nitrogens is 2. The van der Waals surface area contributed by atoms with Crippen LogP contribution in [0.15, 0.2) is 0 Å². The topological polar surface area (TPSA) is 55.0 Å². The molecule has 0 amide bonds. The highest BCUT2D eigenvalue weighted by Gasteiger charge is 2.31. The third-order valence-electron chi connectivity index (χ3n) is 2.14. The van der Waals surface area contributed by atoms with Crippen molar-refractivity contribution in [1.82, 2.24) is 9.97 Å². The molecule has 0 saturated heterocycles. The molecule has 0 radical (unpaired) electrons. The summed E-state index contributed by atoms with van der Waals surface area (Å²) >= 11 is 5.61. The number of anilines is 2. The molecule has 4 nitrogen and oxygen atoms in total. The minimum Gasteiger partial charge on any atom is -0.394 e. The van der Waals surface area contributed by atoms with Crippen molar-refractivity contribution in [2.24, 2.45) is 0 Å². The predicted octanol–water partition coefficient (Wildman–Crippen LogP) is 2.41. The van der Waals surface area contributed by atoms with Crippen LogP contribution in [0.4, 0.5) is 24.7 Å². The van der Waals surface area contributed by atoms with Crippen LogP contribution in [0.25, 0.3) is 0 Å². The number of nitrogens with zero attached hydrogens (tertiary/aromatic N) is 3. The first-order valence-electron chi connectivity index (χ1n) is 4.86. The maximum atomic E-state index is 12.4. The SMILES string of the molecule is CCN(CC(F)(F)F)c1nc(Cl)nc(C)c1N. The second kappa shape index (κ2) is 4.95. The van der Waals surface area contributed by atoms with Crippen molar-refractivity contribution in [3.05, 3.63) is 11.0 Å². The fourth-order valence-corrected chi connectivity index (χ4v) is 1.53. The van der Waals surface area contributed by atoms with Crippen molar-refractivity contribution < 1.29 is 13.2 Å². The summed E-state index contributed by atoms with van der Waals surface area (Å²) in [5.74, 6) is 0.0160. The zero-order chi connectivity index (χ0) is 13.2. The minimum absolute atomic E-state index is 0.0160. The summed E-state index contributed by atoms with van der Waals surface area (Å²) in [6.07, 6.45) is -4.33. The number of halogens is 4. The minimum atomic E-state index is -4.33. The van der Waals surface area contributed by atoms with Gasteiger partial charge in [0.15, 0.2) is 5.82 Å². The van der Waals surface area contributed by atoms with Gasteiger partial charge in [0.1, 0.15) is 6.54 Å². The van der Waals surface area contributed by atoms with E-state index in [9.17, 15) is 13.2 Å². The highest BCUT2D eigenvalue weighted by Crippen LogP contribution is 2.27. The van der Waals surface area contributed by atoms with Crippen molar-refractivity contribution in [2.75, 3.05) is 23.7 Å². The summed E-state index contributed by atoms with van der Waals surface area (Å²) in [5.41, 5.74) is 6.13. The van der Waals surface area contributed by atoms with Crippen molar-refractivity contribution >= 4 is 23.1 Å². The Bertz CT molecular complexity index is 408. The van der Waals surface area contributed by atoms with E-state index in [4.69, 9.17) is 17.3 Å². The van der Waals surface area contributed by atoms with Crippen LogP contribution in [0.1, 0.15) is 12.6 Å². The van der Waals surface area contributed by atoms with Gasteiger partial charge in [0.2, 0.25) is 5.28 Å². The van der Waals surface area contributed by atoms with Crippen LogP contribution >= 0.6 is 11.6 Å². The number of alkyl halides is 3. The van der Waals surface area contributed by atoms with E-state index in [-0.39, 0.29) is 23.3 Å². The number of nitrogens with two attached hydrogens (primary N) is 1. The number of hydrogen-bond acceptors (Lipinski definition) is 4. The first-order valence-corrected chi connectivity index (χ1v) is 5.23. The maximum absolute atomic E-state index is 12.4. The summed E-state index contributed by atoms with van der Waals surface area (Å²) in [5, 5.41) is -0.118. The summed E-state index contributed by atoms with van der Waals surface area (Å²) in [4.78, 5) is 8.52. The predicted molar refractivity (Wildman–Crippen MR) is 60.1 cm³/mol. The molecule has 8 heteroatoms. The van der Waals surface area contributed by atoms with Gasteiger partial charge in [0.05, 0.1) is 11.4 Å². The second-order valence-electron chi connectivity index (χ2n) is 3.44. The lowest BCUT2D eigenvalue weighted by Crippen LogP contribution is -2.35. The first kappa shape index (κ1) is 13.8. The Kier molecular flexibility index (Phi) is 4.03. The van der Waals surface area contributed by atoms with E-state index in [1.54, 1.807) is 13.8 Å². The summed E-state index contributed by atoms with van der Waals surface area (Å²) in [7, 11) is 0. The van der Waals surface area contributed by atoms with E-state index in [2.05, 4.69) is 9.97 Å². The second-order valence-corrected chi connectivity index (χ2v) is 3.78. The zero-order valence-corrected chi connectivity index (χ0v) is 10.1. The Morgan fingerprint density at radius 2 is 1.94 bits per heavy atom. The van der Waals surface area contributed by atoms with Gasteiger partial charge in [0.25, 0.3) is 0 Å². The molecule has 96 valence electrons. The zero-order valence-electron chi connectivity index (χ0n) is 9.35. The normalized spacial score (nSPS) is 11.6. The molecule has 0 aliphatic carbocycles. The lowest BCUT2D eigenvalue weighted by atomic mass is 10.3. The molecule has 0 aromatic carbocycles. The van der Waals surface area contributed by atoms with Crippen LogP contribution in [-0.2, 0) is 0 Å². The Balaban J connectivity index is 3.12. The molecule has 17 heavy (non-hydrogen) atoms. The monoisotopic (exact) mass is 268 g/mol.